The second-order valence-electron chi connectivity index (χ2n) is 14.7. The summed E-state index contributed by atoms with van der Waals surface area (Å²) in [7, 11) is 0. The summed E-state index contributed by atoms with van der Waals surface area (Å²) in [4.78, 5) is 29.6. The molecule has 47 heavy (non-hydrogen) atoms. The number of halogens is 2. The van der Waals surface area contributed by atoms with Gasteiger partial charge in [0, 0.05) is 46.5 Å². The van der Waals surface area contributed by atoms with Crippen LogP contribution in [-0.4, -0.2) is 59.4 Å². The molecule has 2 fully saturated rings. The number of hydrogen-bond acceptors (Lipinski definition) is 5. The Balaban J connectivity index is 1.54. The summed E-state index contributed by atoms with van der Waals surface area (Å²) in [6.45, 7) is 16.6. The monoisotopic (exact) mass is 675 g/mol. The lowest BCUT2D eigenvalue weighted by molar-refractivity contribution is 0.0623. The van der Waals surface area contributed by atoms with Gasteiger partial charge in [-0.25, -0.2) is 4.79 Å². The van der Waals surface area contributed by atoms with E-state index in [0.29, 0.717) is 52.3 Å². The van der Waals surface area contributed by atoms with Crippen LogP contribution in [-0.2, 0) is 16.5 Å². The molecule has 3 aliphatic heterocycles. The number of amides is 2. The summed E-state index contributed by atoms with van der Waals surface area (Å²) in [6.07, 6.45) is 6.15. The van der Waals surface area contributed by atoms with Crippen molar-refractivity contribution < 1.29 is 9.53 Å². The van der Waals surface area contributed by atoms with Crippen LogP contribution in [0.1, 0.15) is 89.6 Å². The normalized spacial score (nSPS) is 24.4. The molecule has 7 nitrogen and oxygen atoms in total. The Kier molecular flexibility index (Phi) is 9.14. The Morgan fingerprint density at radius 3 is 2.04 bits per heavy atom. The van der Waals surface area contributed by atoms with Crippen molar-refractivity contribution >= 4 is 35.1 Å². The van der Waals surface area contributed by atoms with Crippen molar-refractivity contribution in [3.63, 3.8) is 0 Å². The van der Waals surface area contributed by atoms with Gasteiger partial charge in [0.2, 0.25) is 0 Å². The van der Waals surface area contributed by atoms with Gasteiger partial charge in [0.15, 0.2) is 0 Å². The Labute approximate surface area is 289 Å². The minimum atomic E-state index is -0.950. The number of amidine groups is 1. The second kappa shape index (κ2) is 12.7. The van der Waals surface area contributed by atoms with Gasteiger partial charge in [0.1, 0.15) is 22.7 Å². The zero-order chi connectivity index (χ0) is 33.6. The summed E-state index contributed by atoms with van der Waals surface area (Å²) in [5.41, 5.74) is 1.72. The first-order valence-corrected chi connectivity index (χ1v) is 17.6. The number of urea groups is 1. The minimum Gasteiger partial charge on any atom is -0.493 e. The molecule has 0 radical (unpaired) electrons. The van der Waals surface area contributed by atoms with E-state index in [-0.39, 0.29) is 11.4 Å². The van der Waals surface area contributed by atoms with E-state index in [4.69, 9.17) is 37.9 Å². The van der Waals surface area contributed by atoms with Crippen molar-refractivity contribution in [2.45, 2.75) is 83.7 Å². The molecule has 0 bridgehead atoms. The van der Waals surface area contributed by atoms with Crippen LogP contribution in [0.25, 0.3) is 0 Å². The molecule has 6 rings (SSSR count). The third-order valence-electron chi connectivity index (χ3n) is 10.9. The number of piperidine rings is 2. The summed E-state index contributed by atoms with van der Waals surface area (Å²) in [5.74, 6) is 1.21. The average molecular weight is 677 g/mol. The highest BCUT2D eigenvalue weighted by atomic mass is 35.5. The maximum absolute atomic E-state index is 15.2. The van der Waals surface area contributed by atoms with E-state index < -0.39 is 11.1 Å². The molecule has 3 aliphatic rings. The molecular weight excluding hydrogens is 629 g/mol. The topological polar surface area (TPSA) is 70.1 Å². The van der Waals surface area contributed by atoms with Crippen molar-refractivity contribution in [3.05, 3.63) is 93.2 Å². The summed E-state index contributed by atoms with van der Waals surface area (Å²) in [5, 5.41) is 4.78. The molecular formula is C38H47Cl2N5O2. The number of benzene rings is 2. The van der Waals surface area contributed by atoms with Crippen molar-refractivity contribution in [2.75, 3.05) is 32.8 Å². The molecule has 2 saturated heterocycles. The van der Waals surface area contributed by atoms with Gasteiger partial charge in [0.05, 0.1) is 12.2 Å². The predicted octanol–water partition coefficient (Wildman–Crippen LogP) is 8.56. The van der Waals surface area contributed by atoms with Gasteiger partial charge in [-0.2, -0.15) is 0 Å². The Morgan fingerprint density at radius 2 is 1.49 bits per heavy atom. The van der Waals surface area contributed by atoms with Gasteiger partial charge < -0.3 is 15.0 Å². The van der Waals surface area contributed by atoms with E-state index >= 15 is 4.79 Å². The van der Waals surface area contributed by atoms with E-state index in [2.05, 4.69) is 39.9 Å². The number of aliphatic imine (C=N–C) groups is 1. The molecule has 0 aliphatic carbocycles. The van der Waals surface area contributed by atoms with E-state index in [1.807, 2.05) is 77.5 Å². The van der Waals surface area contributed by atoms with Gasteiger partial charge in [-0.15, -0.1) is 0 Å². The Hall–Kier alpha value is -3.13. The third-order valence-corrected chi connectivity index (χ3v) is 11.4. The van der Waals surface area contributed by atoms with Gasteiger partial charge in [-0.05, 0) is 100 Å². The molecule has 1 spiro atoms. The molecule has 9 heteroatoms. The molecule has 2 aromatic carbocycles. The van der Waals surface area contributed by atoms with Gasteiger partial charge >= 0.3 is 6.03 Å². The molecule has 3 aromatic rings. The first-order valence-electron chi connectivity index (χ1n) is 16.9. The van der Waals surface area contributed by atoms with Crippen LogP contribution in [0.2, 0.25) is 10.0 Å². The fraction of sp³-hybridized carbons (Fsp3) is 0.500. The number of ether oxygens (including phenoxy) is 1. The molecule has 0 unspecified atom stereocenters. The largest absolute Gasteiger partial charge is 0.493 e. The number of carbonyl (C=O) groups excluding carboxylic acids is 1. The predicted molar refractivity (Wildman–Crippen MR) is 191 cm³/mol. The van der Waals surface area contributed by atoms with Crippen molar-refractivity contribution in [2.24, 2.45) is 10.4 Å². The lowest BCUT2D eigenvalue weighted by Gasteiger charge is -2.49. The zero-order valence-electron chi connectivity index (χ0n) is 28.5. The molecule has 250 valence electrons. The molecule has 2 amide bonds. The van der Waals surface area contributed by atoms with Gasteiger partial charge in [-0.3, -0.25) is 14.9 Å². The van der Waals surface area contributed by atoms with Crippen molar-refractivity contribution in [1.82, 2.24) is 20.1 Å². The maximum atomic E-state index is 15.2. The third kappa shape index (κ3) is 6.04. The number of rotatable bonds is 5. The van der Waals surface area contributed by atoms with Crippen LogP contribution in [0.4, 0.5) is 4.79 Å². The highest BCUT2D eigenvalue weighted by molar-refractivity contribution is 6.30. The first-order chi connectivity index (χ1) is 22.3. The van der Waals surface area contributed by atoms with Crippen LogP contribution in [0, 0.1) is 5.41 Å². The Morgan fingerprint density at radius 1 is 0.915 bits per heavy atom. The fourth-order valence-corrected chi connectivity index (χ4v) is 7.88. The smallest absolute Gasteiger partial charge is 0.326 e. The average Bonchev–Trinajstić information content (AvgIpc) is 3.29. The summed E-state index contributed by atoms with van der Waals surface area (Å²) < 4.78 is 6.30. The number of pyridine rings is 1. The molecule has 0 saturated carbocycles. The number of nitrogens with zero attached hydrogens (tertiary/aromatic N) is 4. The lowest BCUT2D eigenvalue weighted by atomic mass is 9.70. The van der Waals surface area contributed by atoms with Crippen LogP contribution in [0.5, 0.6) is 5.75 Å². The highest BCUT2D eigenvalue weighted by Gasteiger charge is 2.60. The van der Waals surface area contributed by atoms with Gasteiger partial charge in [0.25, 0.3) is 0 Å². The maximum Gasteiger partial charge on any atom is 0.326 e. The van der Waals surface area contributed by atoms with Crippen LogP contribution in [0.15, 0.2) is 65.8 Å². The van der Waals surface area contributed by atoms with E-state index in [0.717, 1.165) is 55.6 Å². The van der Waals surface area contributed by atoms with Gasteiger partial charge in [-0.1, -0.05) is 68.2 Å². The minimum absolute atomic E-state index is 0.0648. The molecule has 4 heterocycles. The number of likely N-dealkylation sites (tertiary alicyclic amines) is 1. The van der Waals surface area contributed by atoms with E-state index in [9.17, 15) is 0 Å². The molecule has 1 aromatic heterocycles. The number of aromatic nitrogens is 1. The van der Waals surface area contributed by atoms with Crippen LogP contribution in [0.3, 0.4) is 0 Å². The number of carbonyl (C=O) groups is 1. The fourth-order valence-electron chi connectivity index (χ4n) is 7.63. The van der Waals surface area contributed by atoms with Crippen molar-refractivity contribution in [3.8, 4) is 5.75 Å². The first kappa shape index (κ1) is 33.8. The quantitative estimate of drug-likeness (QED) is 0.294. The Bertz CT molecular complexity index is 1640. The van der Waals surface area contributed by atoms with Crippen molar-refractivity contribution in [1.29, 1.82) is 0 Å². The van der Waals surface area contributed by atoms with E-state index in [1.165, 1.54) is 0 Å². The zero-order valence-corrected chi connectivity index (χ0v) is 30.0. The number of nitrogens with one attached hydrogen (secondary N) is 1. The SMILES string of the molecule is CCOc1cc(C(C)(C)C)ncc1C1=N[C@@](C)(c2ccc(Cl)cc2)[C@@](C)(c2ccc(Cl)cc2)N1C(=O)N1CCC2(CCNCC2)CC1. The summed E-state index contributed by atoms with van der Waals surface area (Å²) >= 11 is 12.8. The number of hydrogen-bond donors (Lipinski definition) is 1. The van der Waals surface area contributed by atoms with Crippen LogP contribution < -0.4 is 10.1 Å². The molecule has 2 atom stereocenters. The lowest BCUT2D eigenvalue weighted by Crippen LogP contribution is -2.59. The van der Waals surface area contributed by atoms with E-state index in [1.54, 1.807) is 0 Å². The highest BCUT2D eigenvalue weighted by Crippen LogP contribution is 2.54. The standard InChI is InChI=1S/C38H47Cl2N5O2/c1-7-47-31-24-32(35(2,3)4)42-25-30(31)33-43-36(5,26-8-12-28(39)13-9-26)37(6,27-10-14-29(40)15-11-27)45(33)34(46)44-22-18-38(19-23-44)16-20-41-21-17-38/h8-15,24-25,41H,7,16-23H2,1-6H3/t36-,37+/m0/s1. The molecule has 1 N–H and O–H groups in total. The summed E-state index contributed by atoms with van der Waals surface area (Å²) in [6, 6.07) is 17.5. The second-order valence-corrected chi connectivity index (χ2v) is 15.6. The van der Waals surface area contributed by atoms with Crippen LogP contribution >= 0.6 is 23.2 Å².